The third-order valence-corrected chi connectivity index (χ3v) is 7.41. The largest absolute Gasteiger partial charge is 0.491 e. The van der Waals surface area contributed by atoms with E-state index in [-0.39, 0.29) is 36.7 Å². The molecule has 0 radical (unpaired) electrons. The first kappa shape index (κ1) is 24.9. The number of hydrogen-bond acceptors (Lipinski definition) is 4. The maximum atomic E-state index is 14.4. The maximum absolute atomic E-state index is 14.4. The summed E-state index contributed by atoms with van der Waals surface area (Å²) < 4.78 is 33.9. The van der Waals surface area contributed by atoms with Crippen molar-refractivity contribution < 1.29 is 23.1 Å². The van der Waals surface area contributed by atoms with Crippen molar-refractivity contribution in [3.63, 3.8) is 0 Å². The fourth-order valence-corrected chi connectivity index (χ4v) is 5.21. The average Bonchev–Trinajstić information content (AvgIpc) is 3.34. The van der Waals surface area contributed by atoms with Gasteiger partial charge in [0.05, 0.1) is 11.6 Å². The number of thiophene rings is 1. The van der Waals surface area contributed by atoms with E-state index in [1.54, 1.807) is 34.4 Å². The van der Waals surface area contributed by atoms with E-state index in [1.165, 1.54) is 40.1 Å². The SMILES string of the molecule is CCC(C)N(CC(=O)N1CCc2sccc2C1COc1cccc(F)c1)C(=O)c1ccccc1F. The van der Waals surface area contributed by atoms with E-state index in [2.05, 4.69) is 0 Å². The van der Waals surface area contributed by atoms with Crippen molar-refractivity contribution in [1.29, 1.82) is 0 Å². The van der Waals surface area contributed by atoms with Gasteiger partial charge < -0.3 is 14.5 Å². The number of halogens is 2. The zero-order chi connectivity index (χ0) is 24.9. The van der Waals surface area contributed by atoms with Gasteiger partial charge in [-0.15, -0.1) is 11.3 Å². The highest BCUT2D eigenvalue weighted by atomic mass is 32.1. The van der Waals surface area contributed by atoms with Crippen LogP contribution in [-0.2, 0) is 11.2 Å². The Morgan fingerprint density at radius 2 is 1.97 bits per heavy atom. The van der Waals surface area contributed by atoms with Crippen molar-refractivity contribution in [3.8, 4) is 5.75 Å². The van der Waals surface area contributed by atoms with Crippen LogP contribution in [0.3, 0.4) is 0 Å². The Morgan fingerprint density at radius 1 is 1.17 bits per heavy atom. The Hall–Kier alpha value is -3.26. The zero-order valence-corrected chi connectivity index (χ0v) is 20.6. The highest BCUT2D eigenvalue weighted by Crippen LogP contribution is 2.34. The van der Waals surface area contributed by atoms with Gasteiger partial charge in [0, 0.05) is 23.5 Å². The van der Waals surface area contributed by atoms with Crippen molar-refractivity contribution in [1.82, 2.24) is 9.80 Å². The summed E-state index contributed by atoms with van der Waals surface area (Å²) in [5.41, 5.74) is 0.951. The van der Waals surface area contributed by atoms with Crippen LogP contribution < -0.4 is 4.74 Å². The summed E-state index contributed by atoms with van der Waals surface area (Å²) in [4.78, 5) is 31.1. The molecule has 5 nitrogen and oxygen atoms in total. The van der Waals surface area contributed by atoms with Crippen molar-refractivity contribution in [2.75, 3.05) is 19.7 Å². The molecule has 0 bridgehead atoms. The van der Waals surface area contributed by atoms with E-state index in [1.807, 2.05) is 25.3 Å². The third kappa shape index (κ3) is 5.53. The summed E-state index contributed by atoms with van der Waals surface area (Å²) in [5, 5.41) is 1.99. The van der Waals surface area contributed by atoms with Gasteiger partial charge in [-0.05, 0) is 61.0 Å². The molecule has 35 heavy (non-hydrogen) atoms. The normalized spacial score (nSPS) is 15.9. The molecule has 3 aromatic rings. The van der Waals surface area contributed by atoms with E-state index in [9.17, 15) is 18.4 Å². The van der Waals surface area contributed by atoms with Crippen LogP contribution in [0, 0.1) is 11.6 Å². The van der Waals surface area contributed by atoms with E-state index >= 15 is 0 Å². The molecule has 1 aromatic heterocycles. The second kappa shape index (κ2) is 11.0. The molecule has 2 unspecified atom stereocenters. The molecule has 8 heteroatoms. The molecule has 0 saturated heterocycles. The number of hydrogen-bond donors (Lipinski definition) is 0. The highest BCUT2D eigenvalue weighted by Gasteiger charge is 2.34. The van der Waals surface area contributed by atoms with Crippen molar-refractivity contribution in [3.05, 3.63) is 87.6 Å². The molecule has 1 aliphatic heterocycles. The standard InChI is InChI=1S/C27H28F2N2O3S/c1-3-18(2)31(27(33)21-9-4-5-10-23(21)29)16-26(32)30-13-11-25-22(12-14-35-25)24(30)17-34-20-8-6-7-19(28)15-20/h4-10,12,14-15,18,24H,3,11,13,16-17H2,1-2H3. The Bertz CT molecular complexity index is 1200. The number of carbonyl (C=O) groups excluding carboxylic acids is 2. The molecule has 1 aliphatic rings. The molecule has 0 aliphatic carbocycles. The number of ether oxygens (including phenoxy) is 1. The predicted molar refractivity (Wildman–Crippen MR) is 132 cm³/mol. The molecule has 0 fully saturated rings. The third-order valence-electron chi connectivity index (χ3n) is 6.41. The van der Waals surface area contributed by atoms with Crippen LogP contribution >= 0.6 is 11.3 Å². The molecular weight excluding hydrogens is 470 g/mol. The van der Waals surface area contributed by atoms with Gasteiger partial charge in [0.15, 0.2) is 0 Å². The Labute approximate surface area is 207 Å². The van der Waals surface area contributed by atoms with Crippen LogP contribution in [0.15, 0.2) is 60.0 Å². The summed E-state index contributed by atoms with van der Waals surface area (Å²) in [5.74, 6) is -1.37. The maximum Gasteiger partial charge on any atom is 0.257 e. The van der Waals surface area contributed by atoms with Crippen LogP contribution in [0.4, 0.5) is 8.78 Å². The molecule has 2 heterocycles. The summed E-state index contributed by atoms with van der Waals surface area (Å²) in [6, 6.07) is 13.1. The lowest BCUT2D eigenvalue weighted by Crippen LogP contribution is -2.50. The lowest BCUT2D eigenvalue weighted by molar-refractivity contribution is -0.136. The molecule has 0 N–H and O–H groups in total. The van der Waals surface area contributed by atoms with Gasteiger partial charge in [0.2, 0.25) is 5.91 Å². The number of rotatable bonds is 8. The number of carbonyl (C=O) groups is 2. The van der Waals surface area contributed by atoms with Gasteiger partial charge in [-0.1, -0.05) is 25.1 Å². The second-order valence-corrected chi connectivity index (χ2v) is 9.59. The van der Waals surface area contributed by atoms with Crippen molar-refractivity contribution in [2.45, 2.75) is 38.8 Å². The van der Waals surface area contributed by atoms with Crippen LogP contribution in [-0.4, -0.2) is 47.4 Å². The molecule has 0 saturated carbocycles. The van der Waals surface area contributed by atoms with E-state index in [4.69, 9.17) is 4.74 Å². The molecular formula is C27H28F2N2O3S. The Morgan fingerprint density at radius 3 is 2.71 bits per heavy atom. The van der Waals surface area contributed by atoms with E-state index < -0.39 is 17.5 Å². The van der Waals surface area contributed by atoms with Gasteiger partial charge in [-0.25, -0.2) is 8.78 Å². The monoisotopic (exact) mass is 498 g/mol. The summed E-state index contributed by atoms with van der Waals surface area (Å²) in [7, 11) is 0. The van der Waals surface area contributed by atoms with Crippen molar-refractivity contribution >= 4 is 23.2 Å². The Kier molecular flexibility index (Phi) is 7.80. The predicted octanol–water partition coefficient (Wildman–Crippen LogP) is 5.47. The lowest BCUT2D eigenvalue weighted by atomic mass is 10.00. The van der Waals surface area contributed by atoms with Gasteiger partial charge in [0.1, 0.15) is 30.5 Å². The number of fused-ring (bicyclic) bond motifs is 1. The van der Waals surface area contributed by atoms with Gasteiger partial charge in [0.25, 0.3) is 5.91 Å². The fraction of sp³-hybridized carbons (Fsp3) is 0.333. The number of amides is 2. The fourth-order valence-electron chi connectivity index (χ4n) is 4.28. The topological polar surface area (TPSA) is 49.9 Å². The quantitative estimate of drug-likeness (QED) is 0.414. The van der Waals surface area contributed by atoms with Crippen LogP contribution in [0.25, 0.3) is 0 Å². The molecule has 184 valence electrons. The first-order chi connectivity index (χ1) is 16.9. The van der Waals surface area contributed by atoms with Crippen LogP contribution in [0.5, 0.6) is 5.75 Å². The van der Waals surface area contributed by atoms with Crippen LogP contribution in [0.1, 0.15) is 47.1 Å². The van der Waals surface area contributed by atoms with Gasteiger partial charge in [-0.2, -0.15) is 0 Å². The summed E-state index contributed by atoms with van der Waals surface area (Å²) in [6.07, 6.45) is 1.33. The van der Waals surface area contributed by atoms with E-state index in [0.717, 1.165) is 5.56 Å². The Balaban J connectivity index is 1.56. The summed E-state index contributed by atoms with van der Waals surface area (Å²) >= 11 is 1.63. The molecule has 2 atom stereocenters. The van der Waals surface area contributed by atoms with Crippen LogP contribution in [0.2, 0.25) is 0 Å². The number of benzene rings is 2. The first-order valence-electron chi connectivity index (χ1n) is 11.7. The number of nitrogens with zero attached hydrogens (tertiary/aromatic N) is 2. The molecule has 2 amide bonds. The zero-order valence-electron chi connectivity index (χ0n) is 19.7. The molecule has 4 rings (SSSR count). The molecule has 0 spiro atoms. The average molecular weight is 499 g/mol. The van der Waals surface area contributed by atoms with Crippen molar-refractivity contribution in [2.24, 2.45) is 0 Å². The smallest absolute Gasteiger partial charge is 0.257 e. The minimum absolute atomic E-state index is 0.0506. The minimum atomic E-state index is -0.611. The van der Waals surface area contributed by atoms with E-state index in [0.29, 0.717) is 25.1 Å². The lowest BCUT2D eigenvalue weighted by Gasteiger charge is -2.38. The highest BCUT2D eigenvalue weighted by molar-refractivity contribution is 7.10. The second-order valence-electron chi connectivity index (χ2n) is 8.59. The first-order valence-corrected chi connectivity index (χ1v) is 12.6. The summed E-state index contributed by atoms with van der Waals surface area (Å²) in [6.45, 7) is 4.24. The van der Waals surface area contributed by atoms with Gasteiger partial charge in [-0.3, -0.25) is 9.59 Å². The molecule has 2 aromatic carbocycles. The van der Waals surface area contributed by atoms with Gasteiger partial charge >= 0.3 is 0 Å². The minimum Gasteiger partial charge on any atom is -0.491 e.